The average Bonchev–Trinajstić information content (AvgIpc) is 1.90. The van der Waals surface area contributed by atoms with E-state index in [1.165, 1.54) is 22.9 Å². The zero-order chi connectivity index (χ0) is 6.69. The van der Waals surface area contributed by atoms with Crippen LogP contribution in [0.3, 0.4) is 0 Å². The maximum atomic E-state index is 2.56. The number of hydrogen-bond acceptors (Lipinski definition) is 0. The van der Waals surface area contributed by atoms with Crippen LogP contribution in [-0.4, -0.2) is 21.8 Å². The zero-order valence-corrected chi connectivity index (χ0v) is 10.0. The summed E-state index contributed by atoms with van der Waals surface area (Å²) < 4.78 is 6.38. The minimum absolute atomic E-state index is 0.806. The van der Waals surface area contributed by atoms with Crippen molar-refractivity contribution in [3.8, 4) is 0 Å². The molecule has 1 fully saturated rings. The molecule has 0 bridgehead atoms. The van der Waals surface area contributed by atoms with E-state index in [0.717, 1.165) is 0 Å². The third kappa shape index (κ3) is 2.54. The molecule has 1 heteroatoms. The van der Waals surface area contributed by atoms with Gasteiger partial charge in [0.15, 0.2) is 0 Å². The van der Waals surface area contributed by atoms with Crippen LogP contribution in [0.25, 0.3) is 0 Å². The first-order valence-electron chi connectivity index (χ1n) is 3.97. The Morgan fingerprint density at radius 2 is 1.56 bits per heavy atom. The van der Waals surface area contributed by atoms with Crippen molar-refractivity contribution >= 4 is 21.8 Å². The van der Waals surface area contributed by atoms with E-state index >= 15 is 0 Å². The molecule has 1 saturated carbocycles. The molecule has 0 N–H and O–H groups in total. The third-order valence-electron chi connectivity index (χ3n) is 2.30. The van der Waals surface area contributed by atoms with Crippen LogP contribution in [0.15, 0.2) is 0 Å². The van der Waals surface area contributed by atoms with Gasteiger partial charge in [0, 0.05) is 0 Å². The molecule has 0 radical (unpaired) electrons. The van der Waals surface area contributed by atoms with Crippen LogP contribution >= 0.6 is 0 Å². The van der Waals surface area contributed by atoms with Gasteiger partial charge >= 0.3 is 66.7 Å². The second kappa shape index (κ2) is 3.91. The van der Waals surface area contributed by atoms with Gasteiger partial charge in [0.25, 0.3) is 0 Å². The molecule has 0 aromatic rings. The Balaban J connectivity index is 2.23. The van der Waals surface area contributed by atoms with E-state index in [-0.39, 0.29) is 0 Å². The van der Waals surface area contributed by atoms with E-state index in [4.69, 9.17) is 0 Å². The quantitative estimate of drug-likeness (QED) is 0.651. The summed E-state index contributed by atoms with van der Waals surface area (Å²) in [7, 11) is 0. The number of rotatable bonds is 1. The Labute approximate surface area is 66.7 Å². The minimum atomic E-state index is -0.806. The van der Waals surface area contributed by atoms with Gasteiger partial charge in [0.1, 0.15) is 0 Å². The van der Waals surface area contributed by atoms with Crippen molar-refractivity contribution in [2.24, 2.45) is 0 Å². The van der Waals surface area contributed by atoms with E-state index in [1.807, 2.05) is 0 Å². The van der Waals surface area contributed by atoms with Crippen LogP contribution in [0, 0.1) is 0 Å². The maximum absolute atomic E-state index is 2.56. The fraction of sp³-hybridized carbons (Fsp3) is 1.00. The van der Waals surface area contributed by atoms with E-state index in [1.54, 1.807) is 12.8 Å². The molecule has 1 aliphatic carbocycles. The van der Waals surface area contributed by atoms with Crippen LogP contribution in [0.4, 0.5) is 0 Å². The molecule has 0 nitrogen and oxygen atoms in total. The van der Waals surface area contributed by atoms with Gasteiger partial charge in [-0.05, 0) is 0 Å². The van der Waals surface area contributed by atoms with Gasteiger partial charge < -0.3 is 0 Å². The zero-order valence-electron chi connectivity index (χ0n) is 6.56. The third-order valence-corrected chi connectivity index (χ3v) is 9.99. The molecule has 0 unspecified atom stereocenters. The van der Waals surface area contributed by atoms with Crippen LogP contribution < -0.4 is 0 Å². The van der Waals surface area contributed by atoms with E-state index in [9.17, 15) is 0 Å². The van der Waals surface area contributed by atoms with Gasteiger partial charge in [-0.25, -0.2) is 0 Å². The van der Waals surface area contributed by atoms with Gasteiger partial charge in [-0.2, -0.15) is 0 Å². The van der Waals surface area contributed by atoms with Crippen molar-refractivity contribution in [1.82, 2.24) is 0 Å². The first-order chi connectivity index (χ1) is 4.30. The molecule has 0 aromatic carbocycles. The van der Waals surface area contributed by atoms with Crippen molar-refractivity contribution in [3.63, 3.8) is 0 Å². The molecule has 0 saturated heterocycles. The van der Waals surface area contributed by atoms with Gasteiger partial charge in [0.2, 0.25) is 0 Å². The van der Waals surface area contributed by atoms with Crippen LogP contribution in [0.5, 0.6) is 0 Å². The second-order valence-electron chi connectivity index (χ2n) is 3.26. The summed E-state index contributed by atoms with van der Waals surface area (Å²) in [5, 5.41) is 0. The summed E-state index contributed by atoms with van der Waals surface area (Å²) in [6, 6.07) is 0. The van der Waals surface area contributed by atoms with Crippen molar-refractivity contribution in [1.29, 1.82) is 0 Å². The summed E-state index contributed by atoms with van der Waals surface area (Å²) in [5.74, 6) is 0. The first kappa shape index (κ1) is 7.98. The Bertz CT molecular complexity index is 72.6. The molecule has 0 aliphatic heterocycles. The Hall–Kier alpha value is 0.883. The Kier molecular flexibility index (Phi) is 3.47. The summed E-state index contributed by atoms with van der Waals surface area (Å²) >= 11 is -0.806. The molecular weight excluding hydrogens is 305 g/mol. The van der Waals surface area contributed by atoms with Crippen LogP contribution in [0.2, 0.25) is 12.9 Å². The predicted octanol–water partition coefficient (Wildman–Crippen LogP) is 3.08. The molecule has 0 spiro atoms. The molecule has 0 aromatic heterocycles. The van der Waals surface area contributed by atoms with E-state index in [2.05, 4.69) is 9.26 Å². The van der Waals surface area contributed by atoms with Crippen molar-refractivity contribution < 1.29 is 0 Å². The van der Waals surface area contributed by atoms with Crippen LogP contribution in [0.1, 0.15) is 32.1 Å². The topological polar surface area (TPSA) is 0 Å². The fourth-order valence-corrected chi connectivity index (χ4v) is 7.03. The van der Waals surface area contributed by atoms with E-state index in [0.29, 0.717) is 0 Å². The average molecular weight is 322 g/mol. The summed E-state index contributed by atoms with van der Waals surface area (Å²) in [4.78, 5) is 0. The summed E-state index contributed by atoms with van der Waals surface area (Å²) in [6.07, 6.45) is 7.78. The van der Waals surface area contributed by atoms with E-state index < -0.39 is 21.8 Å². The molecule has 54 valence electrons. The normalized spacial score (nSPS) is 23.0. The van der Waals surface area contributed by atoms with Gasteiger partial charge in [-0.3, -0.25) is 0 Å². The molecular formula is C8H17Bi. The van der Waals surface area contributed by atoms with Crippen LogP contribution in [-0.2, 0) is 0 Å². The van der Waals surface area contributed by atoms with Gasteiger partial charge in [-0.15, -0.1) is 0 Å². The SMILES string of the molecule is [CH3][Bi]([CH3])[CH]1CCCCC1. The Morgan fingerprint density at radius 1 is 1.00 bits per heavy atom. The monoisotopic (exact) mass is 322 g/mol. The standard InChI is InChI=1S/C6H11.2CH3.Bi/c1-2-4-6-5-3-1;;;/h1H,2-6H2;2*1H3;. The molecule has 1 rings (SSSR count). The van der Waals surface area contributed by atoms with Crippen molar-refractivity contribution in [2.75, 3.05) is 0 Å². The summed E-state index contributed by atoms with van der Waals surface area (Å²) in [5.41, 5.74) is 0. The first-order valence-corrected chi connectivity index (χ1v) is 12.9. The van der Waals surface area contributed by atoms with Gasteiger partial charge in [0.05, 0.1) is 0 Å². The predicted molar refractivity (Wildman–Crippen MR) is 44.3 cm³/mol. The molecule has 1 aliphatic rings. The van der Waals surface area contributed by atoms with Gasteiger partial charge in [-0.1, -0.05) is 0 Å². The molecule has 0 atom stereocenters. The van der Waals surface area contributed by atoms with Crippen molar-refractivity contribution in [2.45, 2.75) is 45.0 Å². The van der Waals surface area contributed by atoms with Crippen molar-refractivity contribution in [3.05, 3.63) is 0 Å². The summed E-state index contributed by atoms with van der Waals surface area (Å²) in [6.45, 7) is 0. The molecule has 9 heavy (non-hydrogen) atoms. The number of hydrogen-bond donors (Lipinski definition) is 0. The fourth-order valence-electron chi connectivity index (χ4n) is 1.60. The molecule has 0 heterocycles. The molecule has 0 amide bonds. The Morgan fingerprint density at radius 3 is 1.89 bits per heavy atom. The second-order valence-corrected chi connectivity index (χ2v) is 13.6.